The van der Waals surface area contributed by atoms with Crippen LogP contribution in [0, 0.1) is 5.92 Å². The van der Waals surface area contributed by atoms with Crippen molar-refractivity contribution in [2.75, 3.05) is 0 Å². The Balaban J connectivity index is 2.23. The number of aromatic nitrogens is 1. The highest BCUT2D eigenvalue weighted by molar-refractivity contribution is 6.21. The van der Waals surface area contributed by atoms with Gasteiger partial charge in [0.15, 0.2) is 5.78 Å². The van der Waals surface area contributed by atoms with Crippen molar-refractivity contribution in [1.82, 2.24) is 4.98 Å². The third-order valence-electron chi connectivity index (χ3n) is 2.60. The Morgan fingerprint density at radius 2 is 2.20 bits per heavy atom. The van der Waals surface area contributed by atoms with E-state index in [1.165, 1.54) is 6.08 Å². The molecule has 1 aliphatic heterocycles. The Kier molecular flexibility index (Phi) is 1.65. The van der Waals surface area contributed by atoms with Gasteiger partial charge in [0.25, 0.3) is 0 Å². The van der Waals surface area contributed by atoms with Gasteiger partial charge in [-0.1, -0.05) is 18.2 Å². The molecule has 0 N–H and O–H groups in total. The lowest BCUT2D eigenvalue weighted by atomic mass is 9.87. The Hall–Kier alpha value is -2.03. The Morgan fingerprint density at radius 1 is 1.27 bits per heavy atom. The summed E-state index contributed by atoms with van der Waals surface area (Å²) < 4.78 is 0. The van der Waals surface area contributed by atoms with Gasteiger partial charge in [0.2, 0.25) is 0 Å². The van der Waals surface area contributed by atoms with Crippen molar-refractivity contribution in [3.05, 3.63) is 47.9 Å². The number of carbonyl (C=O) groups excluding carboxylic acids is 1. The lowest BCUT2D eigenvalue weighted by Gasteiger charge is -2.20. The summed E-state index contributed by atoms with van der Waals surface area (Å²) >= 11 is 0. The summed E-state index contributed by atoms with van der Waals surface area (Å²) in [6, 6.07) is 3.85. The fourth-order valence-corrected chi connectivity index (χ4v) is 1.87. The smallest absolute Gasteiger partial charge is 0.170 e. The summed E-state index contributed by atoms with van der Waals surface area (Å²) in [5.41, 5.74) is 2.61. The molecule has 3 heteroatoms. The molecule has 0 saturated heterocycles. The quantitative estimate of drug-likeness (QED) is 0.632. The predicted molar refractivity (Wildman–Crippen MR) is 57.4 cm³/mol. The summed E-state index contributed by atoms with van der Waals surface area (Å²) in [5, 5.41) is 0. The topological polar surface area (TPSA) is 42.3 Å². The van der Waals surface area contributed by atoms with Gasteiger partial charge >= 0.3 is 0 Å². The number of nitrogens with zero attached hydrogens (tertiary/aromatic N) is 2. The predicted octanol–water partition coefficient (Wildman–Crippen LogP) is 1.61. The van der Waals surface area contributed by atoms with Gasteiger partial charge in [0.1, 0.15) is 0 Å². The standard InChI is InChI=1S/C12H8N2O/c15-10-5-7-14-12-9(10)4-3-8-2-1-6-13-11(8)12/h1-7,9H. The molecule has 1 unspecified atom stereocenters. The summed E-state index contributed by atoms with van der Waals surface area (Å²) in [4.78, 5) is 20.1. The van der Waals surface area contributed by atoms with Crippen molar-refractivity contribution >= 4 is 17.6 Å². The van der Waals surface area contributed by atoms with Crippen LogP contribution < -0.4 is 0 Å². The highest BCUT2D eigenvalue weighted by Crippen LogP contribution is 2.24. The molecule has 0 amide bonds. The molecule has 0 fully saturated rings. The van der Waals surface area contributed by atoms with Crippen LogP contribution in [0.4, 0.5) is 0 Å². The summed E-state index contributed by atoms with van der Waals surface area (Å²) in [6.45, 7) is 0. The van der Waals surface area contributed by atoms with E-state index in [2.05, 4.69) is 9.98 Å². The van der Waals surface area contributed by atoms with Gasteiger partial charge in [-0.25, -0.2) is 0 Å². The van der Waals surface area contributed by atoms with Gasteiger partial charge in [0.05, 0.1) is 17.3 Å². The normalized spacial score (nSPS) is 22.0. The van der Waals surface area contributed by atoms with Crippen LogP contribution in [0.1, 0.15) is 11.3 Å². The number of hydrogen-bond donors (Lipinski definition) is 0. The second-order valence-electron chi connectivity index (χ2n) is 3.51. The van der Waals surface area contributed by atoms with E-state index in [1.807, 2.05) is 24.3 Å². The van der Waals surface area contributed by atoms with Crippen LogP contribution in [-0.2, 0) is 4.79 Å². The summed E-state index contributed by atoms with van der Waals surface area (Å²) in [6.07, 6.45) is 8.59. The van der Waals surface area contributed by atoms with Gasteiger partial charge in [-0.2, -0.15) is 0 Å². The number of carbonyl (C=O) groups is 1. The van der Waals surface area contributed by atoms with E-state index in [9.17, 15) is 4.79 Å². The maximum absolute atomic E-state index is 11.6. The molecular weight excluding hydrogens is 188 g/mol. The molecule has 2 heterocycles. The second-order valence-corrected chi connectivity index (χ2v) is 3.51. The minimum absolute atomic E-state index is 0.0764. The van der Waals surface area contributed by atoms with Gasteiger partial charge in [-0.05, 0) is 6.07 Å². The number of allylic oxidation sites excluding steroid dienone is 2. The molecule has 0 radical (unpaired) electrons. The zero-order chi connectivity index (χ0) is 10.3. The lowest BCUT2D eigenvalue weighted by Crippen LogP contribution is -2.27. The molecule has 1 aliphatic carbocycles. The van der Waals surface area contributed by atoms with E-state index in [0.717, 1.165) is 17.0 Å². The van der Waals surface area contributed by atoms with Crippen molar-refractivity contribution in [2.24, 2.45) is 10.9 Å². The Labute approximate surface area is 86.9 Å². The molecule has 0 saturated carbocycles. The third kappa shape index (κ3) is 1.16. The highest BCUT2D eigenvalue weighted by atomic mass is 16.1. The van der Waals surface area contributed by atoms with Crippen LogP contribution in [-0.4, -0.2) is 16.5 Å². The van der Waals surface area contributed by atoms with Crippen molar-refractivity contribution < 1.29 is 4.79 Å². The minimum Gasteiger partial charge on any atom is -0.294 e. The zero-order valence-corrected chi connectivity index (χ0v) is 7.92. The average molecular weight is 196 g/mol. The monoisotopic (exact) mass is 196 g/mol. The van der Waals surface area contributed by atoms with Crippen LogP contribution in [0.2, 0.25) is 0 Å². The second kappa shape index (κ2) is 2.98. The van der Waals surface area contributed by atoms with Crippen LogP contribution in [0.5, 0.6) is 0 Å². The summed E-state index contributed by atoms with van der Waals surface area (Å²) in [5.74, 6) is -0.162. The highest BCUT2D eigenvalue weighted by Gasteiger charge is 2.28. The number of pyridine rings is 1. The maximum atomic E-state index is 11.6. The SMILES string of the molecule is O=C1C=CN=C2c3ncccc3C=CC12. The molecule has 1 aromatic heterocycles. The van der Waals surface area contributed by atoms with E-state index in [-0.39, 0.29) is 11.7 Å². The van der Waals surface area contributed by atoms with Crippen molar-refractivity contribution in [3.63, 3.8) is 0 Å². The van der Waals surface area contributed by atoms with Crippen molar-refractivity contribution in [3.8, 4) is 0 Å². The number of rotatable bonds is 0. The third-order valence-corrected chi connectivity index (χ3v) is 2.60. The Bertz CT molecular complexity index is 526. The number of hydrogen-bond acceptors (Lipinski definition) is 3. The molecule has 72 valence electrons. The molecule has 2 aliphatic rings. The molecule has 0 spiro atoms. The summed E-state index contributed by atoms with van der Waals surface area (Å²) in [7, 11) is 0. The van der Waals surface area contributed by atoms with Gasteiger partial charge in [-0.3, -0.25) is 14.8 Å². The minimum atomic E-state index is -0.239. The van der Waals surface area contributed by atoms with E-state index in [4.69, 9.17) is 0 Å². The van der Waals surface area contributed by atoms with Crippen molar-refractivity contribution in [2.45, 2.75) is 0 Å². The van der Waals surface area contributed by atoms with Gasteiger partial charge < -0.3 is 0 Å². The molecule has 15 heavy (non-hydrogen) atoms. The van der Waals surface area contributed by atoms with E-state index >= 15 is 0 Å². The number of ketones is 1. The largest absolute Gasteiger partial charge is 0.294 e. The van der Waals surface area contributed by atoms with Gasteiger partial charge in [-0.15, -0.1) is 0 Å². The van der Waals surface area contributed by atoms with E-state index < -0.39 is 0 Å². The lowest BCUT2D eigenvalue weighted by molar-refractivity contribution is -0.115. The molecule has 1 aromatic rings. The first-order valence-corrected chi connectivity index (χ1v) is 4.78. The fraction of sp³-hybridized carbons (Fsp3) is 0.0833. The Morgan fingerprint density at radius 3 is 3.13 bits per heavy atom. The van der Waals surface area contributed by atoms with E-state index in [1.54, 1.807) is 12.4 Å². The fourth-order valence-electron chi connectivity index (χ4n) is 1.87. The average Bonchev–Trinajstić information content (AvgIpc) is 2.29. The van der Waals surface area contributed by atoms with Crippen LogP contribution in [0.15, 0.2) is 41.7 Å². The molecule has 3 rings (SSSR count). The molecule has 3 nitrogen and oxygen atoms in total. The molecule has 0 aromatic carbocycles. The first-order chi connectivity index (χ1) is 7.36. The van der Waals surface area contributed by atoms with E-state index in [0.29, 0.717) is 0 Å². The number of aliphatic imine (C=N–C) groups is 1. The van der Waals surface area contributed by atoms with Crippen LogP contribution >= 0.6 is 0 Å². The van der Waals surface area contributed by atoms with Gasteiger partial charge in [0, 0.05) is 24.0 Å². The number of fused-ring (bicyclic) bond motifs is 3. The van der Waals surface area contributed by atoms with Crippen LogP contribution in [0.25, 0.3) is 6.08 Å². The first-order valence-electron chi connectivity index (χ1n) is 4.78. The molecular formula is C12H8N2O. The van der Waals surface area contributed by atoms with Crippen molar-refractivity contribution in [1.29, 1.82) is 0 Å². The zero-order valence-electron chi connectivity index (χ0n) is 7.92. The van der Waals surface area contributed by atoms with Crippen LogP contribution in [0.3, 0.4) is 0 Å². The maximum Gasteiger partial charge on any atom is 0.170 e. The molecule has 0 bridgehead atoms. The first kappa shape index (κ1) is 8.29. The molecule has 1 atom stereocenters.